The van der Waals surface area contributed by atoms with E-state index in [0.717, 1.165) is 21.6 Å². The van der Waals surface area contributed by atoms with Crippen molar-refractivity contribution >= 4 is 32.6 Å². The van der Waals surface area contributed by atoms with Gasteiger partial charge in [0.2, 0.25) is 0 Å². The molecule has 86 valence electrons. The zero-order valence-electron chi connectivity index (χ0n) is 10.1. The van der Waals surface area contributed by atoms with Crippen LogP contribution in [-0.4, -0.2) is 15.0 Å². The quantitative estimate of drug-likeness (QED) is 0.606. The first-order valence-corrected chi connectivity index (χ1v) is 6.38. The van der Waals surface area contributed by atoms with E-state index < -0.39 is 0 Å². The highest BCUT2D eigenvalue weighted by molar-refractivity contribution is 7.18. The summed E-state index contributed by atoms with van der Waals surface area (Å²) in [6.07, 6.45) is 3.43. The van der Waals surface area contributed by atoms with Crippen molar-refractivity contribution in [2.75, 3.05) is 0 Å². The molecule has 3 rings (SSSR count). The van der Waals surface area contributed by atoms with Gasteiger partial charge in [0.25, 0.3) is 0 Å². The van der Waals surface area contributed by atoms with Gasteiger partial charge in [0.05, 0.1) is 15.2 Å². The maximum absolute atomic E-state index is 4.73. The van der Waals surface area contributed by atoms with Crippen LogP contribution in [0.3, 0.4) is 0 Å². The van der Waals surface area contributed by atoms with Crippen molar-refractivity contribution in [1.29, 1.82) is 0 Å². The summed E-state index contributed by atoms with van der Waals surface area (Å²) in [5, 5.41) is 1.14. The summed E-state index contributed by atoms with van der Waals surface area (Å²) in [6.45, 7) is 6.54. The van der Waals surface area contributed by atoms with Gasteiger partial charge in [-0.15, -0.1) is 11.3 Å². The van der Waals surface area contributed by atoms with Crippen molar-refractivity contribution < 1.29 is 0 Å². The standard InChI is InChI=1S/C13H13N3S/c1-13(2,3)12-16-11-9(17-12)5-4-8-10(11)15-7-6-14-8/h4-7H,1-3H3. The number of thiazole rings is 1. The Morgan fingerprint density at radius 3 is 2.53 bits per heavy atom. The largest absolute Gasteiger partial charge is 0.253 e. The Morgan fingerprint density at radius 1 is 1.00 bits per heavy atom. The average molecular weight is 243 g/mol. The Kier molecular flexibility index (Phi) is 2.16. The summed E-state index contributed by atoms with van der Waals surface area (Å²) in [6, 6.07) is 4.09. The first-order chi connectivity index (χ1) is 8.05. The van der Waals surface area contributed by atoms with Crippen LogP contribution >= 0.6 is 11.3 Å². The lowest BCUT2D eigenvalue weighted by Gasteiger charge is -2.13. The predicted molar refractivity (Wildman–Crippen MR) is 71.4 cm³/mol. The highest BCUT2D eigenvalue weighted by atomic mass is 32.1. The number of aromatic nitrogens is 3. The fourth-order valence-corrected chi connectivity index (χ4v) is 2.77. The van der Waals surface area contributed by atoms with Gasteiger partial charge in [0, 0.05) is 17.8 Å². The zero-order chi connectivity index (χ0) is 12.0. The molecule has 0 N–H and O–H groups in total. The number of benzene rings is 1. The Hall–Kier alpha value is -1.55. The van der Waals surface area contributed by atoms with Crippen LogP contribution in [0.2, 0.25) is 0 Å². The fourth-order valence-electron chi connectivity index (χ4n) is 1.74. The minimum absolute atomic E-state index is 0.0816. The maximum atomic E-state index is 4.73. The van der Waals surface area contributed by atoms with Crippen LogP contribution in [0.5, 0.6) is 0 Å². The molecule has 0 spiro atoms. The van der Waals surface area contributed by atoms with Gasteiger partial charge in [-0.1, -0.05) is 20.8 Å². The van der Waals surface area contributed by atoms with Crippen molar-refractivity contribution in [2.24, 2.45) is 0 Å². The number of fused-ring (bicyclic) bond motifs is 3. The van der Waals surface area contributed by atoms with E-state index in [-0.39, 0.29) is 5.41 Å². The average Bonchev–Trinajstić information content (AvgIpc) is 2.72. The molecule has 0 radical (unpaired) electrons. The SMILES string of the molecule is CC(C)(C)c1nc2c(ccc3nccnc32)s1. The van der Waals surface area contributed by atoms with E-state index in [0.29, 0.717) is 0 Å². The third-order valence-corrected chi connectivity index (χ3v) is 4.08. The Labute approximate surface area is 104 Å². The fraction of sp³-hybridized carbons (Fsp3) is 0.308. The molecule has 0 atom stereocenters. The first-order valence-electron chi connectivity index (χ1n) is 5.56. The Balaban J connectivity index is 2.39. The predicted octanol–water partition coefficient (Wildman–Crippen LogP) is 3.54. The number of rotatable bonds is 0. The van der Waals surface area contributed by atoms with Crippen LogP contribution in [-0.2, 0) is 5.41 Å². The highest BCUT2D eigenvalue weighted by Gasteiger charge is 2.19. The molecule has 0 amide bonds. The molecule has 0 saturated heterocycles. The maximum Gasteiger partial charge on any atom is 0.116 e. The van der Waals surface area contributed by atoms with Crippen molar-refractivity contribution in [1.82, 2.24) is 15.0 Å². The van der Waals surface area contributed by atoms with Gasteiger partial charge in [0.1, 0.15) is 11.0 Å². The molecule has 0 bridgehead atoms. The van der Waals surface area contributed by atoms with Crippen molar-refractivity contribution in [3.05, 3.63) is 29.5 Å². The number of hydrogen-bond donors (Lipinski definition) is 0. The summed E-state index contributed by atoms with van der Waals surface area (Å²) in [4.78, 5) is 13.4. The monoisotopic (exact) mass is 243 g/mol. The minimum Gasteiger partial charge on any atom is -0.253 e. The van der Waals surface area contributed by atoms with Crippen LogP contribution in [0.1, 0.15) is 25.8 Å². The molecule has 0 unspecified atom stereocenters. The van der Waals surface area contributed by atoms with Gasteiger partial charge in [-0.25, -0.2) is 4.98 Å². The second-order valence-corrected chi connectivity index (χ2v) is 6.14. The van der Waals surface area contributed by atoms with Crippen LogP contribution in [0, 0.1) is 0 Å². The van der Waals surface area contributed by atoms with Crippen LogP contribution in [0.15, 0.2) is 24.5 Å². The summed E-state index contributed by atoms with van der Waals surface area (Å²) in [5.41, 5.74) is 2.87. The molecular formula is C13H13N3S. The van der Waals surface area contributed by atoms with Gasteiger partial charge in [-0.05, 0) is 12.1 Å². The number of nitrogens with zero attached hydrogens (tertiary/aromatic N) is 3. The second-order valence-electron chi connectivity index (χ2n) is 5.11. The van der Waals surface area contributed by atoms with Crippen molar-refractivity contribution in [2.45, 2.75) is 26.2 Å². The zero-order valence-corrected chi connectivity index (χ0v) is 10.9. The second kappa shape index (κ2) is 3.47. The highest BCUT2D eigenvalue weighted by Crippen LogP contribution is 2.33. The van der Waals surface area contributed by atoms with Crippen LogP contribution in [0.25, 0.3) is 21.3 Å². The van der Waals surface area contributed by atoms with Crippen LogP contribution < -0.4 is 0 Å². The molecule has 17 heavy (non-hydrogen) atoms. The van der Waals surface area contributed by atoms with Gasteiger partial charge in [0.15, 0.2) is 0 Å². The molecule has 2 aromatic heterocycles. The van der Waals surface area contributed by atoms with Crippen molar-refractivity contribution in [3.63, 3.8) is 0 Å². The van der Waals surface area contributed by atoms with Crippen molar-refractivity contribution in [3.8, 4) is 0 Å². The molecule has 4 heteroatoms. The molecule has 2 heterocycles. The molecule has 3 nitrogen and oxygen atoms in total. The number of hydrogen-bond acceptors (Lipinski definition) is 4. The molecule has 3 aromatic rings. The van der Waals surface area contributed by atoms with E-state index in [1.54, 1.807) is 23.7 Å². The molecular weight excluding hydrogens is 230 g/mol. The van der Waals surface area contributed by atoms with Gasteiger partial charge >= 0.3 is 0 Å². The lowest BCUT2D eigenvalue weighted by molar-refractivity contribution is 0.587. The Morgan fingerprint density at radius 2 is 1.76 bits per heavy atom. The Bertz CT molecular complexity index is 695. The van der Waals surface area contributed by atoms with E-state index >= 15 is 0 Å². The molecule has 0 aliphatic carbocycles. The normalized spacial score (nSPS) is 12.4. The third kappa shape index (κ3) is 1.69. The summed E-state index contributed by atoms with van der Waals surface area (Å²) in [7, 11) is 0. The van der Waals surface area contributed by atoms with Gasteiger partial charge < -0.3 is 0 Å². The molecule has 0 aliphatic heterocycles. The summed E-state index contributed by atoms with van der Waals surface area (Å²) in [5.74, 6) is 0. The van der Waals surface area contributed by atoms with E-state index in [1.807, 2.05) is 6.07 Å². The molecule has 0 fully saturated rings. The molecule has 0 saturated carbocycles. The third-order valence-electron chi connectivity index (χ3n) is 2.64. The topological polar surface area (TPSA) is 38.7 Å². The van der Waals surface area contributed by atoms with E-state index in [1.165, 1.54) is 4.70 Å². The molecule has 1 aromatic carbocycles. The van der Waals surface area contributed by atoms with Crippen LogP contribution in [0.4, 0.5) is 0 Å². The lowest BCUT2D eigenvalue weighted by Crippen LogP contribution is -2.09. The molecule has 0 aliphatic rings. The van der Waals surface area contributed by atoms with Gasteiger partial charge in [-0.3, -0.25) is 9.97 Å². The first kappa shape index (κ1) is 10.6. The van der Waals surface area contributed by atoms with Gasteiger partial charge in [-0.2, -0.15) is 0 Å². The summed E-state index contributed by atoms with van der Waals surface area (Å²) >= 11 is 1.74. The lowest BCUT2D eigenvalue weighted by atomic mass is 9.98. The van der Waals surface area contributed by atoms with E-state index in [9.17, 15) is 0 Å². The van der Waals surface area contributed by atoms with E-state index in [4.69, 9.17) is 4.98 Å². The summed E-state index contributed by atoms with van der Waals surface area (Å²) < 4.78 is 1.18. The minimum atomic E-state index is 0.0816. The van der Waals surface area contributed by atoms with E-state index in [2.05, 4.69) is 36.8 Å². The smallest absolute Gasteiger partial charge is 0.116 e.